The Labute approximate surface area is 233 Å². The molecule has 0 aromatic heterocycles. The molecule has 0 saturated carbocycles. The van der Waals surface area contributed by atoms with Gasteiger partial charge < -0.3 is 11.1 Å². The predicted octanol–water partition coefficient (Wildman–Crippen LogP) is -1.27. The van der Waals surface area contributed by atoms with E-state index < -0.39 is 46.0 Å². The molecule has 118 valence electrons. The molecule has 0 aromatic rings. The van der Waals surface area contributed by atoms with Crippen molar-refractivity contribution in [1.29, 1.82) is 0 Å². The van der Waals surface area contributed by atoms with Gasteiger partial charge in [0.1, 0.15) is 0 Å². The number of rotatable bonds is 4. The molecule has 0 aliphatic heterocycles. The summed E-state index contributed by atoms with van der Waals surface area (Å²) in [5.74, 6) is 0. The van der Waals surface area contributed by atoms with Gasteiger partial charge in [-0.15, -0.1) is 0 Å². The molecule has 0 unspecified atom stereocenters. The van der Waals surface area contributed by atoms with E-state index in [1.807, 2.05) is 0 Å². The van der Waals surface area contributed by atoms with Crippen LogP contribution in [0.1, 0.15) is 0 Å². The SMILES string of the molecule is C[Si](C)(C)[Si-](C#C[Si-]([Si](C)(C)C)[Si](C)(C)C)[Si](C)(C)C.[K+].[K+]. The van der Waals surface area contributed by atoms with E-state index in [0.29, 0.717) is 0 Å². The Morgan fingerprint density at radius 2 is 0.545 bits per heavy atom. The van der Waals surface area contributed by atoms with Crippen molar-refractivity contribution in [1.82, 2.24) is 0 Å². The minimum Gasteiger partial charge on any atom is -0.343 e. The van der Waals surface area contributed by atoms with Gasteiger partial charge in [0.25, 0.3) is 0 Å². The molecule has 0 aliphatic carbocycles. The number of hydrogen-bond acceptors (Lipinski definition) is 0. The van der Waals surface area contributed by atoms with Gasteiger partial charge in [0.15, 0.2) is 0 Å². The van der Waals surface area contributed by atoms with Gasteiger partial charge in [-0.05, 0) is 0 Å². The van der Waals surface area contributed by atoms with Crippen LogP contribution in [0, 0.1) is 11.1 Å². The molecule has 0 fully saturated rings. The molecule has 0 N–H and O–H groups in total. The fraction of sp³-hybridized carbons (Fsp3) is 0.857. The van der Waals surface area contributed by atoms with Crippen molar-refractivity contribution in [2.75, 3.05) is 0 Å². The van der Waals surface area contributed by atoms with Gasteiger partial charge in [0.2, 0.25) is 0 Å². The molecule has 22 heavy (non-hydrogen) atoms. The van der Waals surface area contributed by atoms with Crippen LogP contribution < -0.4 is 103 Å². The second kappa shape index (κ2) is 11.2. The molecule has 0 bridgehead atoms. The van der Waals surface area contributed by atoms with Crippen molar-refractivity contribution < 1.29 is 103 Å². The molecular formula is C14H36K2Si6. The Bertz CT molecular complexity index is 323. The minimum absolute atomic E-state index is 0. The fourth-order valence-electron chi connectivity index (χ4n) is 3.12. The van der Waals surface area contributed by atoms with E-state index in [9.17, 15) is 0 Å². The van der Waals surface area contributed by atoms with Gasteiger partial charge in [0.05, 0.1) is 0 Å². The monoisotopic (exact) mass is 450 g/mol. The zero-order valence-corrected chi connectivity index (χ0v) is 30.2. The fourth-order valence-corrected chi connectivity index (χ4v) is 70.9. The second-order valence-corrected chi connectivity index (χ2v) is 57.0. The molecule has 0 saturated heterocycles. The summed E-state index contributed by atoms with van der Waals surface area (Å²) in [6.07, 6.45) is 0. The van der Waals surface area contributed by atoms with E-state index in [2.05, 4.69) is 89.7 Å². The van der Waals surface area contributed by atoms with Crippen LogP contribution in [0.2, 0.25) is 78.6 Å². The van der Waals surface area contributed by atoms with Crippen molar-refractivity contribution in [2.24, 2.45) is 0 Å². The standard InChI is InChI=1S/C14H36Si6.2K/c1-17(2,3)15(18(4,5)6)13-14-16(19(7,8)9)20(10,11)12;;/h1-12H3;;/q-2;2*+1. The first-order valence-corrected chi connectivity index (χ1v) is 28.8. The van der Waals surface area contributed by atoms with Crippen LogP contribution in [0.5, 0.6) is 0 Å². The van der Waals surface area contributed by atoms with Crippen molar-refractivity contribution in [3.8, 4) is 11.1 Å². The average molecular weight is 451 g/mol. The maximum atomic E-state index is 4.00. The van der Waals surface area contributed by atoms with E-state index in [0.717, 1.165) is 0 Å². The molecule has 0 atom stereocenters. The van der Waals surface area contributed by atoms with Crippen LogP contribution in [0.15, 0.2) is 0 Å². The maximum absolute atomic E-state index is 4.00. The summed E-state index contributed by atoms with van der Waals surface area (Å²) in [7, 11) is -5.09. The third-order valence-corrected chi connectivity index (χ3v) is 56.8. The van der Waals surface area contributed by atoms with Gasteiger partial charge in [-0.25, -0.2) is 15.7 Å². The Kier molecular flexibility index (Phi) is 15.7. The van der Waals surface area contributed by atoms with Crippen molar-refractivity contribution in [2.45, 2.75) is 78.6 Å². The third-order valence-electron chi connectivity index (χ3n) is 3.31. The first kappa shape index (κ1) is 30.8. The second-order valence-electron chi connectivity index (χ2n) is 10.0. The van der Waals surface area contributed by atoms with Crippen molar-refractivity contribution >= 4 is 46.0 Å². The van der Waals surface area contributed by atoms with Crippen LogP contribution in [0.3, 0.4) is 0 Å². The molecule has 0 heterocycles. The summed E-state index contributed by atoms with van der Waals surface area (Å²) in [6.45, 7) is 30.7. The minimum atomic E-state index is -1.07. The zero-order chi connectivity index (χ0) is 16.6. The Morgan fingerprint density at radius 1 is 0.409 bits per heavy atom. The van der Waals surface area contributed by atoms with Gasteiger partial charge in [-0.1, -0.05) is 109 Å². The number of hydrogen-bond donors (Lipinski definition) is 0. The summed E-state index contributed by atoms with van der Waals surface area (Å²) >= 11 is 0. The van der Waals surface area contributed by atoms with E-state index in [1.54, 1.807) is 0 Å². The van der Waals surface area contributed by atoms with E-state index in [1.165, 1.54) is 0 Å². The molecule has 0 nitrogen and oxygen atoms in total. The van der Waals surface area contributed by atoms with Gasteiger partial charge in [-0.2, -0.15) is 0 Å². The average Bonchev–Trinajstić information content (AvgIpc) is 2.02. The molecule has 8 heteroatoms. The molecule has 0 radical (unpaired) electrons. The summed E-state index contributed by atoms with van der Waals surface area (Å²) < 4.78 is 0. The normalized spacial score (nSPS) is 12.4. The summed E-state index contributed by atoms with van der Waals surface area (Å²) in [5, 5.41) is 0. The van der Waals surface area contributed by atoms with Crippen LogP contribution in [0.4, 0.5) is 0 Å². The molecule has 0 amide bonds. The third kappa shape index (κ3) is 11.8. The van der Waals surface area contributed by atoms with Gasteiger partial charge in [-0.3, -0.25) is 0 Å². The molecule has 0 spiro atoms. The Balaban J connectivity index is -0.00000180. The largest absolute Gasteiger partial charge is 1.00 e. The maximum Gasteiger partial charge on any atom is 1.00 e. The van der Waals surface area contributed by atoms with Gasteiger partial charge in [0, 0.05) is 0 Å². The van der Waals surface area contributed by atoms with E-state index in [4.69, 9.17) is 0 Å². The first-order valence-electron chi connectivity index (χ1n) is 7.75. The topological polar surface area (TPSA) is 0 Å². The molecule has 0 rings (SSSR count). The van der Waals surface area contributed by atoms with Crippen molar-refractivity contribution in [3.05, 3.63) is 0 Å². The molecule has 0 aromatic carbocycles. The summed E-state index contributed by atoms with van der Waals surface area (Å²) in [5.41, 5.74) is 8.01. The van der Waals surface area contributed by atoms with Crippen LogP contribution in [0.25, 0.3) is 0 Å². The zero-order valence-electron chi connectivity index (χ0n) is 18.0. The summed E-state index contributed by atoms with van der Waals surface area (Å²) in [6, 6.07) is 0. The van der Waals surface area contributed by atoms with E-state index in [-0.39, 0.29) is 103 Å². The van der Waals surface area contributed by atoms with Crippen LogP contribution >= 0.6 is 0 Å². The smallest absolute Gasteiger partial charge is 0.343 e. The first-order chi connectivity index (χ1) is 8.47. The quantitative estimate of drug-likeness (QED) is 0.370. The predicted molar refractivity (Wildman–Crippen MR) is 113 cm³/mol. The van der Waals surface area contributed by atoms with E-state index >= 15 is 0 Å². The molecular weight excluding hydrogens is 415 g/mol. The van der Waals surface area contributed by atoms with Gasteiger partial charge >= 0.3 is 103 Å². The van der Waals surface area contributed by atoms with Crippen LogP contribution in [-0.4, -0.2) is 46.0 Å². The summed E-state index contributed by atoms with van der Waals surface area (Å²) in [4.78, 5) is 0. The van der Waals surface area contributed by atoms with Crippen LogP contribution in [-0.2, 0) is 0 Å². The Morgan fingerprint density at radius 3 is 0.636 bits per heavy atom. The Hall–Kier alpha value is 4.13. The molecule has 0 aliphatic rings. The van der Waals surface area contributed by atoms with Crippen molar-refractivity contribution in [3.63, 3.8) is 0 Å².